The van der Waals surface area contributed by atoms with Crippen LogP contribution in [0.25, 0.3) is 0 Å². The molecule has 1 heteroatoms. The monoisotopic (exact) mass is 135 g/mol. The van der Waals surface area contributed by atoms with E-state index in [4.69, 9.17) is 5.26 Å². The molecule has 0 bridgehead atoms. The zero-order chi connectivity index (χ0) is 7.40. The van der Waals surface area contributed by atoms with Gasteiger partial charge in [0, 0.05) is 5.92 Å². The molecule has 0 heterocycles. The highest BCUT2D eigenvalue weighted by Gasteiger charge is 2.14. The Labute approximate surface area is 62.4 Å². The average Bonchev–Trinajstić information content (AvgIpc) is 2.05. The standard InChI is InChI=1S/C9H13N/c1-8(7-10)9-5-3-2-4-6-9/h3,5,8-9H,2,4,6H2,1H3. The first-order valence-corrected chi connectivity index (χ1v) is 3.91. The van der Waals surface area contributed by atoms with Gasteiger partial charge in [0.15, 0.2) is 0 Å². The Morgan fingerprint density at radius 1 is 1.70 bits per heavy atom. The molecule has 0 saturated carbocycles. The van der Waals surface area contributed by atoms with Crippen LogP contribution in [0.2, 0.25) is 0 Å². The van der Waals surface area contributed by atoms with Gasteiger partial charge >= 0.3 is 0 Å². The lowest BCUT2D eigenvalue weighted by Crippen LogP contribution is -2.09. The van der Waals surface area contributed by atoms with Gasteiger partial charge in [-0.05, 0) is 32.1 Å². The Morgan fingerprint density at radius 3 is 3.00 bits per heavy atom. The van der Waals surface area contributed by atoms with Gasteiger partial charge in [-0.3, -0.25) is 0 Å². The molecule has 0 aromatic carbocycles. The van der Waals surface area contributed by atoms with E-state index >= 15 is 0 Å². The quantitative estimate of drug-likeness (QED) is 0.507. The van der Waals surface area contributed by atoms with Gasteiger partial charge in [0.25, 0.3) is 0 Å². The van der Waals surface area contributed by atoms with Crippen molar-refractivity contribution in [2.24, 2.45) is 11.8 Å². The summed E-state index contributed by atoms with van der Waals surface area (Å²) in [5.41, 5.74) is 0. The summed E-state index contributed by atoms with van der Waals surface area (Å²) < 4.78 is 0. The molecule has 0 aromatic heterocycles. The molecule has 54 valence electrons. The molecule has 2 unspecified atom stereocenters. The fourth-order valence-electron chi connectivity index (χ4n) is 1.35. The topological polar surface area (TPSA) is 23.8 Å². The Morgan fingerprint density at radius 2 is 2.50 bits per heavy atom. The fourth-order valence-corrected chi connectivity index (χ4v) is 1.35. The van der Waals surface area contributed by atoms with Gasteiger partial charge in [-0.1, -0.05) is 12.2 Å². The van der Waals surface area contributed by atoms with Crippen molar-refractivity contribution < 1.29 is 0 Å². The SMILES string of the molecule is CC(C#N)C1C=CCCC1. The van der Waals surface area contributed by atoms with Crippen molar-refractivity contribution in [2.75, 3.05) is 0 Å². The van der Waals surface area contributed by atoms with Crippen molar-refractivity contribution in [3.8, 4) is 6.07 Å². The third-order valence-corrected chi connectivity index (χ3v) is 2.14. The van der Waals surface area contributed by atoms with Crippen molar-refractivity contribution in [1.29, 1.82) is 5.26 Å². The van der Waals surface area contributed by atoms with Gasteiger partial charge in [0.2, 0.25) is 0 Å². The van der Waals surface area contributed by atoms with Crippen molar-refractivity contribution >= 4 is 0 Å². The van der Waals surface area contributed by atoms with Crippen LogP contribution in [0, 0.1) is 23.2 Å². The zero-order valence-electron chi connectivity index (χ0n) is 6.38. The minimum absolute atomic E-state index is 0.205. The van der Waals surface area contributed by atoms with Crippen LogP contribution < -0.4 is 0 Å². The summed E-state index contributed by atoms with van der Waals surface area (Å²) in [5.74, 6) is 0.732. The lowest BCUT2D eigenvalue weighted by molar-refractivity contribution is 0.454. The van der Waals surface area contributed by atoms with Gasteiger partial charge in [0.05, 0.1) is 6.07 Å². The van der Waals surface area contributed by atoms with Crippen LogP contribution in [0.15, 0.2) is 12.2 Å². The van der Waals surface area contributed by atoms with Gasteiger partial charge in [-0.25, -0.2) is 0 Å². The number of allylic oxidation sites excluding steroid dienone is 2. The van der Waals surface area contributed by atoms with Crippen molar-refractivity contribution in [1.82, 2.24) is 0 Å². The Hall–Kier alpha value is -0.770. The molecule has 0 saturated heterocycles. The Kier molecular flexibility index (Phi) is 2.50. The highest BCUT2D eigenvalue weighted by atomic mass is 14.3. The van der Waals surface area contributed by atoms with Crippen molar-refractivity contribution in [2.45, 2.75) is 26.2 Å². The molecule has 0 aliphatic heterocycles. The van der Waals surface area contributed by atoms with Crippen molar-refractivity contribution in [3.63, 3.8) is 0 Å². The molecular weight excluding hydrogens is 122 g/mol. The van der Waals surface area contributed by atoms with E-state index in [2.05, 4.69) is 18.2 Å². The van der Waals surface area contributed by atoms with Gasteiger partial charge in [-0.15, -0.1) is 0 Å². The lowest BCUT2D eigenvalue weighted by Gasteiger charge is -2.17. The smallest absolute Gasteiger partial charge is 0.0659 e. The van der Waals surface area contributed by atoms with Crippen LogP contribution in [-0.4, -0.2) is 0 Å². The molecule has 0 spiro atoms. The van der Waals surface area contributed by atoms with E-state index in [1.54, 1.807) is 0 Å². The molecule has 0 amide bonds. The van der Waals surface area contributed by atoms with Crippen LogP contribution >= 0.6 is 0 Å². The predicted molar refractivity (Wildman–Crippen MR) is 41.3 cm³/mol. The summed E-state index contributed by atoms with van der Waals surface area (Å²) >= 11 is 0. The zero-order valence-corrected chi connectivity index (χ0v) is 6.38. The van der Waals surface area contributed by atoms with E-state index in [1.807, 2.05) is 6.92 Å². The highest BCUT2D eigenvalue weighted by molar-refractivity contribution is 5.00. The maximum atomic E-state index is 8.60. The van der Waals surface area contributed by atoms with Crippen LogP contribution in [0.4, 0.5) is 0 Å². The molecule has 1 aliphatic rings. The molecule has 0 aromatic rings. The first kappa shape index (κ1) is 7.34. The number of hydrogen-bond acceptors (Lipinski definition) is 1. The number of nitriles is 1. The first-order valence-electron chi connectivity index (χ1n) is 3.91. The second kappa shape index (κ2) is 3.41. The molecule has 10 heavy (non-hydrogen) atoms. The summed E-state index contributed by atoms with van der Waals surface area (Å²) in [7, 11) is 0. The summed E-state index contributed by atoms with van der Waals surface area (Å²) in [6.07, 6.45) is 8.05. The third kappa shape index (κ3) is 1.60. The van der Waals surface area contributed by atoms with Gasteiger partial charge in [0.1, 0.15) is 0 Å². The van der Waals surface area contributed by atoms with Gasteiger partial charge in [-0.2, -0.15) is 5.26 Å². The van der Waals surface area contributed by atoms with Crippen molar-refractivity contribution in [3.05, 3.63) is 12.2 Å². The minimum atomic E-state index is 0.205. The summed E-state index contributed by atoms with van der Waals surface area (Å²) in [6.45, 7) is 2.00. The van der Waals surface area contributed by atoms with Crippen LogP contribution in [0.3, 0.4) is 0 Å². The Balaban J connectivity index is 2.48. The van der Waals surface area contributed by atoms with E-state index in [9.17, 15) is 0 Å². The highest BCUT2D eigenvalue weighted by Crippen LogP contribution is 2.23. The maximum Gasteiger partial charge on any atom is 0.0659 e. The molecule has 1 rings (SSSR count). The van der Waals surface area contributed by atoms with Crippen LogP contribution in [0.1, 0.15) is 26.2 Å². The number of rotatable bonds is 1. The summed E-state index contributed by atoms with van der Waals surface area (Å²) in [5, 5.41) is 8.60. The second-order valence-corrected chi connectivity index (χ2v) is 2.94. The predicted octanol–water partition coefficient (Wildman–Crippen LogP) is 2.50. The summed E-state index contributed by atoms with van der Waals surface area (Å²) in [6, 6.07) is 2.28. The molecule has 0 N–H and O–H groups in total. The number of nitrogens with zero attached hydrogens (tertiary/aromatic N) is 1. The normalized spacial score (nSPS) is 27.4. The molecule has 1 nitrogen and oxygen atoms in total. The largest absolute Gasteiger partial charge is 0.198 e. The lowest BCUT2D eigenvalue weighted by atomic mass is 9.86. The second-order valence-electron chi connectivity index (χ2n) is 2.94. The molecule has 1 aliphatic carbocycles. The molecule has 0 fully saturated rings. The van der Waals surface area contributed by atoms with Gasteiger partial charge < -0.3 is 0 Å². The van der Waals surface area contributed by atoms with E-state index in [-0.39, 0.29) is 5.92 Å². The third-order valence-electron chi connectivity index (χ3n) is 2.14. The van der Waals surface area contributed by atoms with E-state index in [0.717, 1.165) is 0 Å². The van der Waals surface area contributed by atoms with E-state index in [0.29, 0.717) is 5.92 Å². The molecule has 0 radical (unpaired) electrons. The van der Waals surface area contributed by atoms with Crippen LogP contribution in [0.5, 0.6) is 0 Å². The average molecular weight is 135 g/mol. The van der Waals surface area contributed by atoms with Crippen LogP contribution in [-0.2, 0) is 0 Å². The first-order chi connectivity index (χ1) is 4.84. The van der Waals surface area contributed by atoms with E-state index < -0.39 is 0 Å². The summed E-state index contributed by atoms with van der Waals surface area (Å²) in [4.78, 5) is 0. The Bertz CT molecular complexity index is 164. The minimum Gasteiger partial charge on any atom is -0.198 e. The molecule has 2 atom stereocenters. The van der Waals surface area contributed by atoms with E-state index in [1.165, 1.54) is 19.3 Å². The number of hydrogen-bond donors (Lipinski definition) is 0. The fraction of sp³-hybridized carbons (Fsp3) is 0.667. The molecular formula is C9H13N. The maximum absolute atomic E-state index is 8.60.